The van der Waals surface area contributed by atoms with Gasteiger partial charge in [0, 0.05) is 13.0 Å². The Balaban J connectivity index is 4.15. The molecule has 0 rings (SSSR count). The number of carbonyl (C=O) groups is 2. The maximum Gasteiger partial charge on any atom is 0.303 e. The zero-order chi connectivity index (χ0) is 13.4. The van der Waals surface area contributed by atoms with Gasteiger partial charge in [0.1, 0.15) is 0 Å². The summed E-state index contributed by atoms with van der Waals surface area (Å²) in [6.45, 7) is 6.30. The zero-order valence-corrected chi connectivity index (χ0v) is 10.9. The molecule has 1 amide bonds. The summed E-state index contributed by atoms with van der Waals surface area (Å²) in [7, 11) is 0. The fourth-order valence-electron chi connectivity index (χ4n) is 1.71. The van der Waals surface area contributed by atoms with Gasteiger partial charge in [0.25, 0.3) is 0 Å². The smallest absolute Gasteiger partial charge is 0.303 e. The normalized spacial score (nSPS) is 14.4. The van der Waals surface area contributed by atoms with Gasteiger partial charge in [-0.2, -0.15) is 0 Å². The van der Waals surface area contributed by atoms with Crippen LogP contribution in [-0.4, -0.2) is 29.6 Å². The van der Waals surface area contributed by atoms with E-state index in [4.69, 9.17) is 10.8 Å². The Morgan fingerprint density at radius 3 is 2.35 bits per heavy atom. The van der Waals surface area contributed by atoms with Crippen molar-refractivity contribution in [3.05, 3.63) is 0 Å². The summed E-state index contributed by atoms with van der Waals surface area (Å²) < 4.78 is 0. The van der Waals surface area contributed by atoms with Gasteiger partial charge >= 0.3 is 5.97 Å². The standard InChI is InChI=1S/C12H24N2O3/c1-4-10(13)12(17)14-7-9(5-8(2)3)6-11(15)16/h8-10H,4-7,13H2,1-3H3,(H,14,17)(H,15,16)/t9?,10-/m1/s1. The molecule has 0 spiro atoms. The second-order valence-electron chi connectivity index (χ2n) is 4.85. The average molecular weight is 244 g/mol. The summed E-state index contributed by atoms with van der Waals surface area (Å²) in [5.74, 6) is -0.645. The molecule has 0 aliphatic carbocycles. The van der Waals surface area contributed by atoms with Crippen LogP contribution in [0, 0.1) is 11.8 Å². The lowest BCUT2D eigenvalue weighted by atomic mass is 9.94. The molecule has 1 unspecified atom stereocenters. The van der Waals surface area contributed by atoms with Crippen LogP contribution in [0.5, 0.6) is 0 Å². The number of carboxylic acid groups (broad SMARTS) is 1. The van der Waals surface area contributed by atoms with E-state index in [-0.39, 0.29) is 18.2 Å². The van der Waals surface area contributed by atoms with Gasteiger partial charge in [-0.25, -0.2) is 0 Å². The summed E-state index contributed by atoms with van der Waals surface area (Å²) in [6, 6.07) is -0.500. The number of aliphatic carboxylic acids is 1. The molecule has 0 aromatic heterocycles. The molecule has 0 aliphatic rings. The van der Waals surface area contributed by atoms with E-state index in [2.05, 4.69) is 5.32 Å². The van der Waals surface area contributed by atoms with Crippen LogP contribution in [0.25, 0.3) is 0 Å². The molecule has 0 saturated heterocycles. The first-order chi connectivity index (χ1) is 7.86. The summed E-state index contributed by atoms with van der Waals surface area (Å²) in [5, 5.41) is 11.5. The zero-order valence-electron chi connectivity index (χ0n) is 10.9. The van der Waals surface area contributed by atoms with Crippen molar-refractivity contribution < 1.29 is 14.7 Å². The molecule has 0 heterocycles. The van der Waals surface area contributed by atoms with Crippen LogP contribution >= 0.6 is 0 Å². The molecule has 0 aromatic rings. The molecule has 17 heavy (non-hydrogen) atoms. The van der Waals surface area contributed by atoms with Crippen LogP contribution in [0.1, 0.15) is 40.0 Å². The third-order valence-electron chi connectivity index (χ3n) is 2.61. The first kappa shape index (κ1) is 15.9. The van der Waals surface area contributed by atoms with Gasteiger partial charge in [-0.1, -0.05) is 20.8 Å². The van der Waals surface area contributed by atoms with E-state index >= 15 is 0 Å². The van der Waals surface area contributed by atoms with Crippen molar-refractivity contribution in [2.45, 2.75) is 46.1 Å². The van der Waals surface area contributed by atoms with Gasteiger partial charge in [-0.3, -0.25) is 9.59 Å². The average Bonchev–Trinajstić information content (AvgIpc) is 2.22. The quantitative estimate of drug-likeness (QED) is 0.593. The maximum absolute atomic E-state index is 11.5. The fraction of sp³-hybridized carbons (Fsp3) is 0.833. The van der Waals surface area contributed by atoms with Crippen LogP contribution in [-0.2, 0) is 9.59 Å². The number of carboxylic acids is 1. The number of hydrogen-bond donors (Lipinski definition) is 3. The molecular weight excluding hydrogens is 220 g/mol. The molecule has 0 aromatic carbocycles. The largest absolute Gasteiger partial charge is 0.481 e. The second-order valence-corrected chi connectivity index (χ2v) is 4.85. The van der Waals surface area contributed by atoms with E-state index in [1.807, 2.05) is 20.8 Å². The third kappa shape index (κ3) is 7.74. The third-order valence-corrected chi connectivity index (χ3v) is 2.61. The van der Waals surface area contributed by atoms with Gasteiger partial charge in [-0.05, 0) is 24.7 Å². The van der Waals surface area contributed by atoms with Crippen molar-refractivity contribution in [2.24, 2.45) is 17.6 Å². The molecule has 4 N–H and O–H groups in total. The minimum atomic E-state index is -0.829. The Morgan fingerprint density at radius 1 is 1.35 bits per heavy atom. The van der Waals surface area contributed by atoms with Gasteiger partial charge in [0.05, 0.1) is 6.04 Å². The molecule has 5 heteroatoms. The van der Waals surface area contributed by atoms with Crippen LogP contribution < -0.4 is 11.1 Å². The SMILES string of the molecule is CC[C@@H](N)C(=O)NCC(CC(=O)O)CC(C)C. The van der Waals surface area contributed by atoms with Crippen LogP contribution in [0.2, 0.25) is 0 Å². The van der Waals surface area contributed by atoms with E-state index in [1.165, 1.54) is 0 Å². The highest BCUT2D eigenvalue weighted by Gasteiger charge is 2.17. The van der Waals surface area contributed by atoms with Gasteiger partial charge in [-0.15, -0.1) is 0 Å². The van der Waals surface area contributed by atoms with E-state index in [0.717, 1.165) is 6.42 Å². The highest BCUT2D eigenvalue weighted by atomic mass is 16.4. The van der Waals surface area contributed by atoms with E-state index in [1.54, 1.807) is 0 Å². The van der Waals surface area contributed by atoms with Crippen LogP contribution in [0.3, 0.4) is 0 Å². The van der Waals surface area contributed by atoms with Crippen molar-refractivity contribution in [1.82, 2.24) is 5.32 Å². The Kier molecular flexibility index (Phi) is 7.54. The molecule has 100 valence electrons. The van der Waals surface area contributed by atoms with E-state index < -0.39 is 12.0 Å². The fourth-order valence-corrected chi connectivity index (χ4v) is 1.71. The lowest BCUT2D eigenvalue weighted by molar-refractivity contribution is -0.138. The molecule has 0 bridgehead atoms. The highest BCUT2D eigenvalue weighted by Crippen LogP contribution is 2.14. The predicted molar refractivity (Wildman–Crippen MR) is 66.5 cm³/mol. The Hall–Kier alpha value is -1.10. The van der Waals surface area contributed by atoms with Gasteiger partial charge in [0.2, 0.25) is 5.91 Å². The number of amides is 1. The summed E-state index contributed by atoms with van der Waals surface area (Å²) in [5.41, 5.74) is 5.58. The molecule has 2 atom stereocenters. The number of nitrogens with one attached hydrogen (secondary N) is 1. The number of carbonyl (C=O) groups excluding carboxylic acids is 1. The van der Waals surface area contributed by atoms with Crippen molar-refractivity contribution in [1.29, 1.82) is 0 Å². The van der Waals surface area contributed by atoms with Crippen LogP contribution in [0.4, 0.5) is 0 Å². The van der Waals surface area contributed by atoms with Crippen molar-refractivity contribution in [3.8, 4) is 0 Å². The second kappa shape index (κ2) is 8.06. The minimum Gasteiger partial charge on any atom is -0.481 e. The number of hydrogen-bond acceptors (Lipinski definition) is 3. The van der Waals surface area contributed by atoms with E-state index in [9.17, 15) is 9.59 Å². The van der Waals surface area contributed by atoms with Crippen molar-refractivity contribution in [3.63, 3.8) is 0 Å². The van der Waals surface area contributed by atoms with E-state index in [0.29, 0.717) is 18.9 Å². The molecule has 0 saturated carbocycles. The maximum atomic E-state index is 11.5. The molecule has 0 fully saturated rings. The van der Waals surface area contributed by atoms with Gasteiger partial charge < -0.3 is 16.2 Å². The molecule has 5 nitrogen and oxygen atoms in total. The van der Waals surface area contributed by atoms with Crippen molar-refractivity contribution >= 4 is 11.9 Å². The summed E-state index contributed by atoms with van der Waals surface area (Å²) in [6.07, 6.45) is 1.45. The topological polar surface area (TPSA) is 92.4 Å². The minimum absolute atomic E-state index is 0.0273. The number of nitrogens with two attached hydrogens (primary N) is 1. The van der Waals surface area contributed by atoms with Gasteiger partial charge in [0.15, 0.2) is 0 Å². The molecule has 0 radical (unpaired) electrons. The monoisotopic (exact) mass is 244 g/mol. The lowest BCUT2D eigenvalue weighted by Crippen LogP contribution is -2.42. The Labute approximate surface area is 103 Å². The van der Waals surface area contributed by atoms with Crippen LogP contribution in [0.15, 0.2) is 0 Å². The molecule has 0 aliphatic heterocycles. The Morgan fingerprint density at radius 2 is 1.94 bits per heavy atom. The first-order valence-corrected chi connectivity index (χ1v) is 6.11. The predicted octanol–water partition coefficient (Wildman–Crippen LogP) is 0.977. The number of rotatable bonds is 8. The lowest BCUT2D eigenvalue weighted by Gasteiger charge is -2.19. The molecular formula is C12H24N2O3. The van der Waals surface area contributed by atoms with Crippen molar-refractivity contribution in [2.75, 3.05) is 6.54 Å². The Bertz CT molecular complexity index is 254. The highest BCUT2D eigenvalue weighted by molar-refractivity contribution is 5.81. The summed E-state index contributed by atoms with van der Waals surface area (Å²) in [4.78, 5) is 22.2. The first-order valence-electron chi connectivity index (χ1n) is 6.11. The summed E-state index contributed by atoms with van der Waals surface area (Å²) >= 11 is 0.